The summed E-state index contributed by atoms with van der Waals surface area (Å²) in [5.41, 5.74) is 0.337. The number of hydrogen-bond acceptors (Lipinski definition) is 3. The van der Waals surface area contributed by atoms with Crippen LogP contribution in [0.15, 0.2) is 0 Å². The maximum Gasteiger partial charge on any atom is 0.0166 e. The van der Waals surface area contributed by atoms with Crippen molar-refractivity contribution >= 4 is 0 Å². The molecule has 0 spiro atoms. The molecule has 0 unspecified atom stereocenters. The molecule has 1 saturated heterocycles. The second-order valence-electron chi connectivity index (χ2n) is 5.41. The first-order chi connectivity index (χ1) is 7.02. The molecule has 0 aromatic heterocycles. The highest BCUT2D eigenvalue weighted by Gasteiger charge is 2.26. The summed E-state index contributed by atoms with van der Waals surface area (Å²) in [6, 6.07) is 0.601. The van der Waals surface area contributed by atoms with Gasteiger partial charge >= 0.3 is 0 Å². The van der Waals surface area contributed by atoms with E-state index in [4.69, 9.17) is 0 Å². The fourth-order valence-electron chi connectivity index (χ4n) is 2.10. The SMILES string of the molecule is CC(C)NCCC(C)(C)N1CCNCC1. The largest absolute Gasteiger partial charge is 0.314 e. The molecule has 0 aromatic carbocycles. The van der Waals surface area contributed by atoms with Crippen LogP contribution in [0.5, 0.6) is 0 Å². The van der Waals surface area contributed by atoms with Gasteiger partial charge in [-0.1, -0.05) is 13.8 Å². The summed E-state index contributed by atoms with van der Waals surface area (Å²) >= 11 is 0. The van der Waals surface area contributed by atoms with E-state index >= 15 is 0 Å². The predicted molar refractivity (Wildman–Crippen MR) is 66.3 cm³/mol. The van der Waals surface area contributed by atoms with Crippen molar-refractivity contribution in [3.05, 3.63) is 0 Å². The molecule has 0 bridgehead atoms. The van der Waals surface area contributed by atoms with Crippen LogP contribution in [-0.4, -0.2) is 49.2 Å². The smallest absolute Gasteiger partial charge is 0.0166 e. The normalized spacial score (nSPS) is 19.8. The van der Waals surface area contributed by atoms with Crippen LogP contribution in [0, 0.1) is 0 Å². The number of piperazine rings is 1. The molecule has 3 nitrogen and oxygen atoms in total. The second-order valence-corrected chi connectivity index (χ2v) is 5.41. The molecule has 15 heavy (non-hydrogen) atoms. The van der Waals surface area contributed by atoms with E-state index in [9.17, 15) is 0 Å². The van der Waals surface area contributed by atoms with Crippen LogP contribution in [0.3, 0.4) is 0 Å². The number of rotatable bonds is 5. The first-order valence-corrected chi connectivity index (χ1v) is 6.21. The van der Waals surface area contributed by atoms with E-state index in [1.54, 1.807) is 0 Å². The molecule has 0 radical (unpaired) electrons. The fraction of sp³-hybridized carbons (Fsp3) is 1.00. The summed E-state index contributed by atoms with van der Waals surface area (Å²) in [6.07, 6.45) is 1.23. The van der Waals surface area contributed by atoms with Crippen molar-refractivity contribution in [3.63, 3.8) is 0 Å². The van der Waals surface area contributed by atoms with Crippen LogP contribution < -0.4 is 10.6 Å². The average Bonchev–Trinajstić information content (AvgIpc) is 2.18. The Labute approximate surface area is 94.6 Å². The molecule has 0 aromatic rings. The molecule has 3 heteroatoms. The van der Waals surface area contributed by atoms with Gasteiger partial charge in [0.15, 0.2) is 0 Å². The summed E-state index contributed by atoms with van der Waals surface area (Å²) in [6.45, 7) is 14.9. The van der Waals surface area contributed by atoms with E-state index in [-0.39, 0.29) is 0 Å². The van der Waals surface area contributed by atoms with E-state index < -0.39 is 0 Å². The maximum atomic E-state index is 3.50. The predicted octanol–water partition coefficient (Wildman–Crippen LogP) is 1.06. The number of nitrogens with zero attached hydrogens (tertiary/aromatic N) is 1. The van der Waals surface area contributed by atoms with Crippen molar-refractivity contribution in [2.24, 2.45) is 0 Å². The van der Waals surface area contributed by atoms with Crippen molar-refractivity contribution in [2.45, 2.75) is 45.7 Å². The Balaban J connectivity index is 2.29. The van der Waals surface area contributed by atoms with Crippen LogP contribution in [-0.2, 0) is 0 Å². The Hall–Kier alpha value is -0.120. The van der Waals surface area contributed by atoms with Crippen LogP contribution in [0.2, 0.25) is 0 Å². The molecule has 0 atom stereocenters. The summed E-state index contributed by atoms with van der Waals surface area (Å²) in [5.74, 6) is 0. The van der Waals surface area contributed by atoms with Gasteiger partial charge < -0.3 is 10.6 Å². The molecular formula is C12H27N3. The minimum absolute atomic E-state index is 0.337. The third kappa shape index (κ3) is 4.49. The van der Waals surface area contributed by atoms with Gasteiger partial charge in [0.2, 0.25) is 0 Å². The Morgan fingerprint density at radius 2 is 1.87 bits per heavy atom. The number of nitrogens with one attached hydrogen (secondary N) is 2. The highest BCUT2D eigenvalue weighted by molar-refractivity contribution is 4.85. The molecule has 0 amide bonds. The summed E-state index contributed by atoms with van der Waals surface area (Å²) in [4.78, 5) is 2.60. The van der Waals surface area contributed by atoms with Gasteiger partial charge in [0.05, 0.1) is 0 Å². The Bertz CT molecular complexity index is 172. The lowest BCUT2D eigenvalue weighted by molar-refractivity contribution is 0.0951. The van der Waals surface area contributed by atoms with Crippen LogP contribution in [0.4, 0.5) is 0 Å². The van der Waals surface area contributed by atoms with Crippen molar-refractivity contribution < 1.29 is 0 Å². The first kappa shape index (κ1) is 12.9. The highest BCUT2D eigenvalue weighted by Crippen LogP contribution is 2.18. The summed E-state index contributed by atoms with van der Waals surface area (Å²) in [7, 11) is 0. The van der Waals surface area contributed by atoms with Gasteiger partial charge in [0, 0.05) is 37.8 Å². The molecule has 1 aliphatic heterocycles. The zero-order chi connectivity index (χ0) is 11.3. The van der Waals surface area contributed by atoms with Crippen LogP contribution in [0.25, 0.3) is 0 Å². The van der Waals surface area contributed by atoms with Gasteiger partial charge in [-0.2, -0.15) is 0 Å². The van der Waals surface area contributed by atoms with E-state index in [0.717, 1.165) is 19.6 Å². The molecule has 1 fully saturated rings. The van der Waals surface area contributed by atoms with Gasteiger partial charge in [-0.3, -0.25) is 4.90 Å². The third-order valence-electron chi connectivity index (χ3n) is 3.26. The van der Waals surface area contributed by atoms with Crippen LogP contribution in [0.1, 0.15) is 34.1 Å². The first-order valence-electron chi connectivity index (χ1n) is 6.21. The molecular weight excluding hydrogens is 186 g/mol. The van der Waals surface area contributed by atoms with Gasteiger partial charge in [-0.25, -0.2) is 0 Å². The standard InChI is InChI=1S/C12H27N3/c1-11(2)14-6-5-12(3,4)15-9-7-13-8-10-15/h11,13-14H,5-10H2,1-4H3. The van der Waals surface area contributed by atoms with E-state index in [1.165, 1.54) is 19.5 Å². The minimum Gasteiger partial charge on any atom is -0.314 e. The van der Waals surface area contributed by atoms with Crippen molar-refractivity contribution in [1.29, 1.82) is 0 Å². The Morgan fingerprint density at radius 3 is 2.40 bits per heavy atom. The number of hydrogen-bond donors (Lipinski definition) is 2. The summed E-state index contributed by atoms with van der Waals surface area (Å²) < 4.78 is 0. The topological polar surface area (TPSA) is 27.3 Å². The minimum atomic E-state index is 0.337. The quantitative estimate of drug-likeness (QED) is 0.715. The lowest BCUT2D eigenvalue weighted by Crippen LogP contribution is -2.54. The Morgan fingerprint density at radius 1 is 1.27 bits per heavy atom. The highest BCUT2D eigenvalue weighted by atomic mass is 15.2. The Kier molecular flexibility index (Phi) is 5.03. The monoisotopic (exact) mass is 213 g/mol. The molecule has 0 aliphatic carbocycles. The fourth-order valence-corrected chi connectivity index (χ4v) is 2.10. The molecule has 1 rings (SSSR count). The third-order valence-corrected chi connectivity index (χ3v) is 3.26. The van der Waals surface area contributed by atoms with Gasteiger partial charge in [0.25, 0.3) is 0 Å². The van der Waals surface area contributed by atoms with E-state index in [1.807, 2.05) is 0 Å². The lowest BCUT2D eigenvalue weighted by atomic mass is 9.97. The van der Waals surface area contributed by atoms with Crippen molar-refractivity contribution in [1.82, 2.24) is 15.5 Å². The van der Waals surface area contributed by atoms with E-state index in [0.29, 0.717) is 11.6 Å². The van der Waals surface area contributed by atoms with Crippen LogP contribution >= 0.6 is 0 Å². The zero-order valence-electron chi connectivity index (χ0n) is 10.8. The molecule has 0 saturated carbocycles. The van der Waals surface area contributed by atoms with Gasteiger partial charge in [-0.15, -0.1) is 0 Å². The molecule has 1 heterocycles. The average molecular weight is 213 g/mol. The lowest BCUT2D eigenvalue weighted by Gasteiger charge is -2.41. The van der Waals surface area contributed by atoms with E-state index in [2.05, 4.69) is 43.2 Å². The van der Waals surface area contributed by atoms with Crippen molar-refractivity contribution in [3.8, 4) is 0 Å². The zero-order valence-corrected chi connectivity index (χ0v) is 10.8. The molecule has 2 N–H and O–H groups in total. The maximum absolute atomic E-state index is 3.50. The molecule has 1 aliphatic rings. The van der Waals surface area contributed by atoms with Gasteiger partial charge in [0.1, 0.15) is 0 Å². The second kappa shape index (κ2) is 5.83. The van der Waals surface area contributed by atoms with Crippen molar-refractivity contribution in [2.75, 3.05) is 32.7 Å². The molecule has 90 valence electrons. The summed E-state index contributed by atoms with van der Waals surface area (Å²) in [5, 5.41) is 6.90. The van der Waals surface area contributed by atoms with Gasteiger partial charge in [-0.05, 0) is 26.8 Å².